The van der Waals surface area contributed by atoms with E-state index in [0.29, 0.717) is 22.3 Å². The van der Waals surface area contributed by atoms with Crippen LogP contribution in [-0.2, 0) is 12.6 Å². The van der Waals surface area contributed by atoms with Crippen molar-refractivity contribution in [2.45, 2.75) is 12.5 Å². The topological polar surface area (TPSA) is 85.1 Å². The van der Waals surface area contributed by atoms with E-state index >= 15 is 0 Å². The third-order valence-electron chi connectivity index (χ3n) is 3.84. The van der Waals surface area contributed by atoms with Crippen molar-refractivity contribution in [3.05, 3.63) is 42.2 Å². The van der Waals surface area contributed by atoms with E-state index in [1.807, 2.05) is 0 Å². The molecule has 0 aliphatic heterocycles. The molecule has 8 heteroatoms. The molecule has 2 aromatic heterocycles. The third kappa shape index (κ3) is 3.00. The number of nitrogens with one attached hydrogen (secondary N) is 1. The summed E-state index contributed by atoms with van der Waals surface area (Å²) in [7, 11) is 3.18. The molecule has 1 atom stereocenters. The van der Waals surface area contributed by atoms with Gasteiger partial charge in [0.15, 0.2) is 11.6 Å². The molecule has 2 N–H and O–H groups in total. The number of methoxy groups -OCH3 is 1. The summed E-state index contributed by atoms with van der Waals surface area (Å²) in [4.78, 5) is 8.24. The number of nitrogens with zero attached hydrogens (tertiary/aromatic N) is 4. The maximum Gasteiger partial charge on any atom is 0.167 e. The Balaban J connectivity index is 1.90. The van der Waals surface area contributed by atoms with E-state index < -0.39 is 11.4 Å². The number of ether oxygens (including phenoxy) is 1. The van der Waals surface area contributed by atoms with E-state index in [1.54, 1.807) is 31.0 Å². The van der Waals surface area contributed by atoms with Gasteiger partial charge in [-0.2, -0.15) is 5.10 Å². The summed E-state index contributed by atoms with van der Waals surface area (Å²) >= 11 is 0. The minimum Gasteiger partial charge on any atom is -0.494 e. The highest BCUT2D eigenvalue weighted by Gasteiger charge is 2.25. The van der Waals surface area contributed by atoms with Crippen LogP contribution in [0.1, 0.15) is 12.5 Å². The van der Waals surface area contributed by atoms with Gasteiger partial charge in [0.25, 0.3) is 0 Å². The van der Waals surface area contributed by atoms with E-state index in [1.165, 1.54) is 25.6 Å². The van der Waals surface area contributed by atoms with Crippen LogP contribution in [0.3, 0.4) is 0 Å². The SMILES string of the molecule is COc1cc2c(NCC(C)(O)c3cnn(C)c3)ncnc2cc1F. The van der Waals surface area contributed by atoms with Crippen molar-refractivity contribution >= 4 is 16.7 Å². The summed E-state index contributed by atoms with van der Waals surface area (Å²) in [6.45, 7) is 1.88. The molecule has 3 aromatic rings. The minimum absolute atomic E-state index is 0.111. The van der Waals surface area contributed by atoms with Crippen LogP contribution in [0, 0.1) is 5.82 Å². The Hall–Kier alpha value is -2.74. The maximum absolute atomic E-state index is 13.8. The van der Waals surface area contributed by atoms with E-state index in [0.717, 1.165) is 0 Å². The van der Waals surface area contributed by atoms with Crippen LogP contribution >= 0.6 is 0 Å². The molecular weight excluding hydrogens is 313 g/mol. The molecule has 126 valence electrons. The lowest BCUT2D eigenvalue weighted by Gasteiger charge is -2.23. The lowest BCUT2D eigenvalue weighted by Crippen LogP contribution is -2.30. The van der Waals surface area contributed by atoms with Gasteiger partial charge in [0.05, 0.1) is 18.8 Å². The van der Waals surface area contributed by atoms with E-state index in [2.05, 4.69) is 20.4 Å². The van der Waals surface area contributed by atoms with Gasteiger partial charge in [0.2, 0.25) is 0 Å². The first-order valence-corrected chi connectivity index (χ1v) is 7.34. The summed E-state index contributed by atoms with van der Waals surface area (Å²) in [6, 6.07) is 2.83. The van der Waals surface area contributed by atoms with Gasteiger partial charge in [-0.05, 0) is 13.0 Å². The number of halogens is 1. The normalized spacial score (nSPS) is 13.7. The molecule has 24 heavy (non-hydrogen) atoms. The molecular formula is C16H18FN5O2. The van der Waals surface area contributed by atoms with Crippen molar-refractivity contribution in [3.63, 3.8) is 0 Å². The van der Waals surface area contributed by atoms with Gasteiger partial charge in [-0.25, -0.2) is 14.4 Å². The first kappa shape index (κ1) is 16.1. The number of rotatable bonds is 5. The zero-order valence-corrected chi connectivity index (χ0v) is 13.6. The van der Waals surface area contributed by atoms with E-state index in [-0.39, 0.29) is 12.3 Å². The molecule has 3 rings (SSSR count). The zero-order valence-electron chi connectivity index (χ0n) is 13.6. The Bertz CT molecular complexity index is 878. The largest absolute Gasteiger partial charge is 0.494 e. The Morgan fingerprint density at radius 1 is 1.38 bits per heavy atom. The van der Waals surface area contributed by atoms with Gasteiger partial charge in [-0.1, -0.05) is 0 Å². The number of aryl methyl sites for hydroxylation is 1. The van der Waals surface area contributed by atoms with Crippen molar-refractivity contribution in [2.24, 2.45) is 7.05 Å². The number of anilines is 1. The second kappa shape index (κ2) is 6.04. The molecule has 1 unspecified atom stereocenters. The van der Waals surface area contributed by atoms with Crippen molar-refractivity contribution in [2.75, 3.05) is 19.0 Å². The predicted molar refractivity (Wildman–Crippen MR) is 87.3 cm³/mol. The minimum atomic E-state index is -1.14. The molecule has 0 aliphatic carbocycles. The summed E-state index contributed by atoms with van der Waals surface area (Å²) in [5, 5.41) is 18.4. The lowest BCUT2D eigenvalue weighted by molar-refractivity contribution is 0.0714. The highest BCUT2D eigenvalue weighted by molar-refractivity contribution is 5.90. The summed E-state index contributed by atoms with van der Waals surface area (Å²) < 4.78 is 20.4. The van der Waals surface area contributed by atoms with Crippen LogP contribution < -0.4 is 10.1 Å². The monoisotopic (exact) mass is 331 g/mol. The summed E-state index contributed by atoms with van der Waals surface area (Å²) in [5.41, 5.74) is -0.0124. The number of benzene rings is 1. The molecule has 2 heterocycles. The second-order valence-corrected chi connectivity index (χ2v) is 5.76. The van der Waals surface area contributed by atoms with Crippen LogP contribution in [0.25, 0.3) is 10.9 Å². The Morgan fingerprint density at radius 2 is 2.17 bits per heavy atom. The molecule has 0 amide bonds. The maximum atomic E-state index is 13.8. The van der Waals surface area contributed by atoms with E-state index in [9.17, 15) is 9.50 Å². The Morgan fingerprint density at radius 3 is 2.83 bits per heavy atom. The highest BCUT2D eigenvalue weighted by atomic mass is 19.1. The molecule has 0 spiro atoms. The molecule has 1 aromatic carbocycles. The van der Waals surface area contributed by atoms with Crippen LogP contribution in [0.2, 0.25) is 0 Å². The molecule has 7 nitrogen and oxygen atoms in total. The van der Waals surface area contributed by atoms with Crippen molar-refractivity contribution < 1.29 is 14.2 Å². The van der Waals surface area contributed by atoms with Crippen molar-refractivity contribution in [3.8, 4) is 5.75 Å². The van der Waals surface area contributed by atoms with Crippen LogP contribution in [0.15, 0.2) is 30.9 Å². The molecule has 0 fully saturated rings. The van der Waals surface area contributed by atoms with Gasteiger partial charge < -0.3 is 15.2 Å². The fourth-order valence-electron chi connectivity index (χ4n) is 2.41. The van der Waals surface area contributed by atoms with Crippen LogP contribution in [0.5, 0.6) is 5.75 Å². The van der Waals surface area contributed by atoms with E-state index in [4.69, 9.17) is 4.74 Å². The quantitative estimate of drug-likeness (QED) is 0.742. The predicted octanol–water partition coefficient (Wildman–Crippen LogP) is 1.83. The van der Waals surface area contributed by atoms with Gasteiger partial charge in [-0.15, -0.1) is 0 Å². The second-order valence-electron chi connectivity index (χ2n) is 5.76. The zero-order chi connectivity index (χ0) is 17.3. The molecule has 0 saturated carbocycles. The van der Waals surface area contributed by atoms with Gasteiger partial charge in [0, 0.05) is 36.8 Å². The smallest absolute Gasteiger partial charge is 0.167 e. The fourth-order valence-corrected chi connectivity index (χ4v) is 2.41. The summed E-state index contributed by atoms with van der Waals surface area (Å²) in [5.74, 6) is 0.110. The number of aliphatic hydroxyl groups is 1. The highest BCUT2D eigenvalue weighted by Crippen LogP contribution is 2.28. The molecule has 0 aliphatic rings. The third-order valence-corrected chi connectivity index (χ3v) is 3.84. The van der Waals surface area contributed by atoms with Gasteiger partial charge in [-0.3, -0.25) is 4.68 Å². The van der Waals surface area contributed by atoms with Crippen molar-refractivity contribution in [1.29, 1.82) is 0 Å². The average Bonchev–Trinajstić information content (AvgIpc) is 2.99. The summed E-state index contributed by atoms with van der Waals surface area (Å²) in [6.07, 6.45) is 4.70. The van der Waals surface area contributed by atoms with Crippen LogP contribution in [0.4, 0.5) is 10.2 Å². The van der Waals surface area contributed by atoms with Crippen molar-refractivity contribution in [1.82, 2.24) is 19.7 Å². The number of aromatic nitrogens is 4. The Labute approximate surface area is 138 Å². The number of hydrogen-bond acceptors (Lipinski definition) is 6. The number of hydrogen-bond donors (Lipinski definition) is 2. The standard InChI is InChI=1S/C16H18FN5O2/c1-16(23,10-6-21-22(2)7-10)8-18-15-11-4-14(24-3)12(17)5-13(11)19-9-20-15/h4-7,9,23H,8H2,1-3H3,(H,18,19,20). The lowest BCUT2D eigenvalue weighted by atomic mass is 10.00. The average molecular weight is 331 g/mol. The Kier molecular flexibility index (Phi) is 4.06. The fraction of sp³-hybridized carbons (Fsp3) is 0.312. The molecule has 0 radical (unpaired) electrons. The first-order chi connectivity index (χ1) is 11.4. The van der Waals surface area contributed by atoms with Gasteiger partial charge >= 0.3 is 0 Å². The number of fused-ring (bicyclic) bond motifs is 1. The van der Waals surface area contributed by atoms with Gasteiger partial charge in [0.1, 0.15) is 17.7 Å². The first-order valence-electron chi connectivity index (χ1n) is 7.34. The van der Waals surface area contributed by atoms with Crippen LogP contribution in [-0.4, -0.2) is 38.5 Å². The molecule has 0 saturated heterocycles. The molecule has 0 bridgehead atoms.